The topological polar surface area (TPSA) is 97.4 Å². The van der Waals surface area contributed by atoms with Gasteiger partial charge in [0.2, 0.25) is 0 Å². The maximum atomic E-state index is 6.27. The van der Waals surface area contributed by atoms with E-state index in [0.29, 0.717) is 19.0 Å². The predicted molar refractivity (Wildman–Crippen MR) is 102 cm³/mol. The van der Waals surface area contributed by atoms with E-state index in [0.717, 1.165) is 17.5 Å². The van der Waals surface area contributed by atoms with Gasteiger partial charge < -0.3 is 16.0 Å². The maximum absolute atomic E-state index is 6.27. The lowest BCUT2D eigenvalue weighted by atomic mass is 10.1. The van der Waals surface area contributed by atoms with Crippen LogP contribution in [0.5, 0.6) is 0 Å². The Morgan fingerprint density at radius 1 is 1.08 bits per heavy atom. The molecule has 0 radical (unpaired) electrons. The third-order valence-electron chi connectivity index (χ3n) is 4.30. The second-order valence-corrected chi connectivity index (χ2v) is 6.33. The second-order valence-electron chi connectivity index (χ2n) is 6.33. The highest BCUT2D eigenvalue weighted by molar-refractivity contribution is 5.83. The molecule has 0 fully saturated rings. The lowest BCUT2D eigenvalue weighted by molar-refractivity contribution is 0.572. The van der Waals surface area contributed by atoms with Crippen molar-refractivity contribution < 1.29 is 0 Å². The number of fused-ring (bicyclic) bond motifs is 1. The first-order chi connectivity index (χ1) is 12.8. The number of anilines is 1. The Labute approximate surface area is 151 Å². The Hall–Kier alpha value is -3.19. The molecule has 2 aromatic heterocycles. The molecular formula is C19H21N7. The lowest BCUT2D eigenvalue weighted by Crippen LogP contribution is -2.31. The Morgan fingerprint density at radius 2 is 1.88 bits per heavy atom. The SMILES string of the molecule is N[C@H](CNc1nnn(Cc2ccccc2)n1)Cc1c[nH]c2ccccc12. The Bertz CT molecular complexity index is 974. The number of aromatic amines is 1. The fraction of sp³-hybridized carbons (Fsp3) is 0.211. The molecule has 0 saturated heterocycles. The summed E-state index contributed by atoms with van der Waals surface area (Å²) in [6, 6.07) is 18.2. The molecule has 7 nitrogen and oxygen atoms in total. The average Bonchev–Trinajstić information content (AvgIpc) is 3.28. The maximum Gasteiger partial charge on any atom is 0.263 e. The third-order valence-corrected chi connectivity index (χ3v) is 4.30. The van der Waals surface area contributed by atoms with Crippen LogP contribution in [0.2, 0.25) is 0 Å². The summed E-state index contributed by atoms with van der Waals surface area (Å²) in [5.41, 5.74) is 9.76. The summed E-state index contributed by atoms with van der Waals surface area (Å²) in [5.74, 6) is 0.496. The average molecular weight is 347 g/mol. The van der Waals surface area contributed by atoms with Gasteiger partial charge >= 0.3 is 0 Å². The summed E-state index contributed by atoms with van der Waals surface area (Å²) in [6.07, 6.45) is 2.80. The standard InChI is InChI=1S/C19H21N7/c20-16(10-15-11-21-18-9-5-4-8-17(15)18)12-22-19-23-25-26(24-19)13-14-6-2-1-3-7-14/h1-9,11,16,21H,10,12-13,20H2,(H,22,24)/t16-/m0/s1. The van der Waals surface area contributed by atoms with Crippen LogP contribution in [0.4, 0.5) is 5.95 Å². The fourth-order valence-electron chi connectivity index (χ4n) is 3.01. The van der Waals surface area contributed by atoms with Crippen molar-refractivity contribution in [3.8, 4) is 0 Å². The van der Waals surface area contributed by atoms with Crippen molar-refractivity contribution >= 4 is 16.9 Å². The highest BCUT2D eigenvalue weighted by atomic mass is 15.6. The van der Waals surface area contributed by atoms with Crippen LogP contribution in [0.3, 0.4) is 0 Å². The van der Waals surface area contributed by atoms with E-state index >= 15 is 0 Å². The molecule has 0 aliphatic heterocycles. The van der Waals surface area contributed by atoms with Crippen molar-refractivity contribution in [1.29, 1.82) is 0 Å². The van der Waals surface area contributed by atoms with Gasteiger partial charge in [0.15, 0.2) is 0 Å². The van der Waals surface area contributed by atoms with Crippen LogP contribution in [-0.2, 0) is 13.0 Å². The van der Waals surface area contributed by atoms with Crippen LogP contribution < -0.4 is 11.1 Å². The van der Waals surface area contributed by atoms with Crippen molar-refractivity contribution in [2.45, 2.75) is 19.0 Å². The van der Waals surface area contributed by atoms with Crippen molar-refractivity contribution in [2.24, 2.45) is 5.73 Å². The number of rotatable bonds is 7. The number of benzene rings is 2. The summed E-state index contributed by atoms with van der Waals surface area (Å²) >= 11 is 0. The smallest absolute Gasteiger partial charge is 0.263 e. The van der Waals surface area contributed by atoms with Gasteiger partial charge in [-0.1, -0.05) is 53.6 Å². The van der Waals surface area contributed by atoms with Gasteiger partial charge in [0.05, 0.1) is 6.54 Å². The van der Waals surface area contributed by atoms with E-state index in [9.17, 15) is 0 Å². The van der Waals surface area contributed by atoms with E-state index in [1.165, 1.54) is 10.9 Å². The van der Waals surface area contributed by atoms with Gasteiger partial charge in [0.25, 0.3) is 5.95 Å². The van der Waals surface area contributed by atoms with Gasteiger partial charge in [-0.25, -0.2) is 0 Å². The van der Waals surface area contributed by atoms with E-state index in [4.69, 9.17) is 5.73 Å². The molecule has 26 heavy (non-hydrogen) atoms. The second kappa shape index (κ2) is 7.37. The van der Waals surface area contributed by atoms with E-state index in [1.54, 1.807) is 4.80 Å². The molecule has 2 heterocycles. The first-order valence-corrected chi connectivity index (χ1v) is 8.64. The van der Waals surface area contributed by atoms with Gasteiger partial charge in [-0.05, 0) is 28.8 Å². The van der Waals surface area contributed by atoms with Crippen molar-refractivity contribution in [2.75, 3.05) is 11.9 Å². The molecule has 0 bridgehead atoms. The van der Waals surface area contributed by atoms with E-state index in [-0.39, 0.29) is 6.04 Å². The predicted octanol–water partition coefficient (Wildman–Crippen LogP) is 2.18. The summed E-state index contributed by atoms with van der Waals surface area (Å²) in [4.78, 5) is 4.85. The number of H-pyrrole nitrogens is 1. The number of nitrogens with two attached hydrogens (primary N) is 1. The normalized spacial score (nSPS) is 12.3. The van der Waals surface area contributed by atoms with Crippen LogP contribution in [0, 0.1) is 0 Å². The number of aromatic nitrogens is 5. The zero-order valence-electron chi connectivity index (χ0n) is 14.3. The minimum Gasteiger partial charge on any atom is -0.361 e. The molecule has 4 rings (SSSR count). The number of nitrogens with one attached hydrogen (secondary N) is 2. The van der Waals surface area contributed by atoms with E-state index < -0.39 is 0 Å². The molecule has 4 N–H and O–H groups in total. The van der Waals surface area contributed by atoms with Crippen LogP contribution in [0.25, 0.3) is 10.9 Å². The van der Waals surface area contributed by atoms with Gasteiger partial charge in [0.1, 0.15) is 0 Å². The number of hydrogen-bond acceptors (Lipinski definition) is 5. The van der Waals surface area contributed by atoms with Gasteiger partial charge in [0, 0.05) is 29.7 Å². The van der Waals surface area contributed by atoms with Gasteiger partial charge in [-0.2, -0.15) is 4.80 Å². The van der Waals surface area contributed by atoms with Crippen LogP contribution in [-0.4, -0.2) is 37.8 Å². The minimum absolute atomic E-state index is 0.0460. The first-order valence-electron chi connectivity index (χ1n) is 8.64. The Morgan fingerprint density at radius 3 is 2.77 bits per heavy atom. The van der Waals surface area contributed by atoms with Crippen LogP contribution >= 0.6 is 0 Å². The number of para-hydroxylation sites is 1. The van der Waals surface area contributed by atoms with E-state index in [1.807, 2.05) is 48.7 Å². The number of hydrogen-bond donors (Lipinski definition) is 3. The highest BCUT2D eigenvalue weighted by Gasteiger charge is 2.10. The molecule has 1 atom stereocenters. The quantitative estimate of drug-likeness (QED) is 0.476. The summed E-state index contributed by atoms with van der Waals surface area (Å²) in [6.45, 7) is 1.17. The fourth-order valence-corrected chi connectivity index (χ4v) is 3.01. The zero-order chi connectivity index (χ0) is 17.8. The largest absolute Gasteiger partial charge is 0.361 e. The summed E-state index contributed by atoms with van der Waals surface area (Å²) in [7, 11) is 0. The molecule has 0 aliphatic carbocycles. The molecule has 7 heteroatoms. The Balaban J connectivity index is 1.32. The number of tetrazole rings is 1. The Kier molecular flexibility index (Phi) is 4.61. The first kappa shape index (κ1) is 16.3. The van der Waals surface area contributed by atoms with Gasteiger partial charge in [-0.3, -0.25) is 0 Å². The third kappa shape index (κ3) is 3.73. The highest BCUT2D eigenvalue weighted by Crippen LogP contribution is 2.18. The molecule has 132 valence electrons. The van der Waals surface area contributed by atoms with E-state index in [2.05, 4.69) is 37.8 Å². The van der Waals surface area contributed by atoms with Gasteiger partial charge in [-0.15, -0.1) is 5.10 Å². The van der Waals surface area contributed by atoms with Crippen molar-refractivity contribution in [1.82, 2.24) is 25.2 Å². The zero-order valence-corrected chi connectivity index (χ0v) is 14.3. The molecule has 0 unspecified atom stereocenters. The summed E-state index contributed by atoms with van der Waals surface area (Å²) in [5, 5.41) is 16.8. The molecule has 0 aliphatic rings. The molecule has 0 amide bonds. The summed E-state index contributed by atoms with van der Waals surface area (Å²) < 4.78 is 0. The lowest BCUT2D eigenvalue weighted by Gasteiger charge is -2.11. The van der Waals surface area contributed by atoms with Crippen molar-refractivity contribution in [3.05, 3.63) is 71.9 Å². The molecular weight excluding hydrogens is 326 g/mol. The molecule has 0 saturated carbocycles. The van der Waals surface area contributed by atoms with Crippen molar-refractivity contribution in [3.63, 3.8) is 0 Å². The number of nitrogens with zero attached hydrogens (tertiary/aromatic N) is 4. The monoisotopic (exact) mass is 347 g/mol. The van der Waals surface area contributed by atoms with Crippen LogP contribution in [0.15, 0.2) is 60.8 Å². The van der Waals surface area contributed by atoms with Crippen LogP contribution in [0.1, 0.15) is 11.1 Å². The minimum atomic E-state index is -0.0460. The molecule has 0 spiro atoms. The molecule has 2 aromatic carbocycles. The molecule has 4 aromatic rings.